The van der Waals surface area contributed by atoms with Gasteiger partial charge in [0.2, 0.25) is 0 Å². The maximum Gasteiger partial charge on any atom is 0.416 e. The summed E-state index contributed by atoms with van der Waals surface area (Å²) in [7, 11) is 0. The molecule has 0 bridgehead atoms. The predicted octanol–water partition coefficient (Wildman–Crippen LogP) is 5.70. The highest BCUT2D eigenvalue weighted by atomic mass is 35.5. The van der Waals surface area contributed by atoms with Crippen molar-refractivity contribution in [3.05, 3.63) is 69.0 Å². The Morgan fingerprint density at radius 3 is 2.64 bits per heavy atom. The fourth-order valence-corrected chi connectivity index (χ4v) is 4.15. The lowest BCUT2D eigenvalue weighted by Crippen LogP contribution is -2.44. The SMILES string of the molecule is Cc1cc(C2=NOC(c3cc(C(F)(F)F)cc(Cl)c3F)C2)ccc1C(=O)NC1CC(C#N)C1. The molecule has 172 valence electrons. The van der Waals surface area contributed by atoms with E-state index in [0.717, 1.165) is 0 Å². The fourth-order valence-electron chi connectivity index (χ4n) is 3.93. The Bertz CT molecular complexity index is 1180. The Labute approximate surface area is 192 Å². The van der Waals surface area contributed by atoms with Crippen molar-refractivity contribution in [2.45, 2.75) is 44.5 Å². The number of hydrogen-bond acceptors (Lipinski definition) is 4. The Hall–Kier alpha value is -3.12. The predicted molar refractivity (Wildman–Crippen MR) is 112 cm³/mol. The molecular formula is C23H18ClF4N3O2. The number of nitrogens with one attached hydrogen (secondary N) is 1. The topological polar surface area (TPSA) is 74.5 Å². The lowest BCUT2D eigenvalue weighted by molar-refractivity contribution is -0.137. The van der Waals surface area contributed by atoms with E-state index in [4.69, 9.17) is 21.7 Å². The van der Waals surface area contributed by atoms with Gasteiger partial charge >= 0.3 is 6.18 Å². The van der Waals surface area contributed by atoms with Gasteiger partial charge in [0, 0.05) is 23.6 Å². The number of amides is 1. The molecule has 1 atom stereocenters. The van der Waals surface area contributed by atoms with Gasteiger partial charge in [0.1, 0.15) is 5.82 Å². The first-order valence-electron chi connectivity index (χ1n) is 10.2. The summed E-state index contributed by atoms with van der Waals surface area (Å²) in [6, 6.07) is 8.35. The van der Waals surface area contributed by atoms with Crippen LogP contribution in [0.2, 0.25) is 5.02 Å². The first kappa shape index (κ1) is 23.1. The first-order valence-corrected chi connectivity index (χ1v) is 10.5. The molecule has 2 aliphatic rings. The number of benzene rings is 2. The van der Waals surface area contributed by atoms with Crippen molar-refractivity contribution in [3.8, 4) is 6.07 Å². The summed E-state index contributed by atoms with van der Waals surface area (Å²) in [5.41, 5.74) is 0.765. The van der Waals surface area contributed by atoms with E-state index in [0.29, 0.717) is 47.4 Å². The Kier molecular flexibility index (Phi) is 6.06. The monoisotopic (exact) mass is 479 g/mol. The van der Waals surface area contributed by atoms with Crippen LogP contribution in [0.15, 0.2) is 35.5 Å². The van der Waals surface area contributed by atoms with Gasteiger partial charge in [-0.15, -0.1) is 0 Å². The molecule has 0 saturated heterocycles. The summed E-state index contributed by atoms with van der Waals surface area (Å²) >= 11 is 5.67. The van der Waals surface area contributed by atoms with Crippen molar-refractivity contribution < 1.29 is 27.2 Å². The summed E-state index contributed by atoms with van der Waals surface area (Å²) in [4.78, 5) is 17.8. The zero-order valence-electron chi connectivity index (χ0n) is 17.3. The van der Waals surface area contributed by atoms with Crippen LogP contribution in [-0.4, -0.2) is 17.7 Å². The highest BCUT2D eigenvalue weighted by Crippen LogP contribution is 2.39. The van der Waals surface area contributed by atoms with Crippen LogP contribution >= 0.6 is 11.6 Å². The standard InChI is InChI=1S/C23H18ClF4N3O2/c1-11-4-13(2-3-16(11)22(32)30-15-5-12(6-15)10-29)19-9-20(33-31-19)17-7-14(23(26,27)28)8-18(24)21(17)25/h2-4,7-8,12,15,20H,5-6,9H2,1H3,(H,30,32). The van der Waals surface area contributed by atoms with Crippen LogP contribution in [0.3, 0.4) is 0 Å². The molecule has 1 aliphatic heterocycles. The second-order valence-corrected chi connectivity index (χ2v) is 8.60. The molecule has 0 aromatic heterocycles. The molecule has 1 heterocycles. The number of carbonyl (C=O) groups is 1. The molecule has 2 aromatic carbocycles. The van der Waals surface area contributed by atoms with E-state index in [1.165, 1.54) is 0 Å². The summed E-state index contributed by atoms with van der Waals surface area (Å²) in [6.45, 7) is 1.75. The van der Waals surface area contributed by atoms with Crippen molar-refractivity contribution in [1.82, 2.24) is 5.32 Å². The number of nitriles is 1. The number of rotatable bonds is 4. The Balaban J connectivity index is 1.48. The molecule has 5 nitrogen and oxygen atoms in total. The third-order valence-electron chi connectivity index (χ3n) is 5.86. The number of alkyl halides is 3. The van der Waals surface area contributed by atoms with E-state index in [9.17, 15) is 22.4 Å². The minimum atomic E-state index is -4.68. The molecule has 1 fully saturated rings. The second-order valence-electron chi connectivity index (χ2n) is 8.19. The fraction of sp³-hybridized carbons (Fsp3) is 0.348. The van der Waals surface area contributed by atoms with Gasteiger partial charge in [-0.1, -0.05) is 22.8 Å². The van der Waals surface area contributed by atoms with E-state index >= 15 is 0 Å². The highest BCUT2D eigenvalue weighted by molar-refractivity contribution is 6.30. The molecule has 4 rings (SSSR count). The Morgan fingerprint density at radius 2 is 2.00 bits per heavy atom. The van der Waals surface area contributed by atoms with Gasteiger partial charge in [-0.3, -0.25) is 4.79 Å². The molecular weight excluding hydrogens is 462 g/mol. The number of aryl methyl sites for hydroxylation is 1. The molecule has 0 radical (unpaired) electrons. The van der Waals surface area contributed by atoms with Gasteiger partial charge in [0.25, 0.3) is 5.91 Å². The first-order chi connectivity index (χ1) is 15.6. The quantitative estimate of drug-likeness (QED) is 0.571. The zero-order valence-corrected chi connectivity index (χ0v) is 18.1. The van der Waals surface area contributed by atoms with Crippen molar-refractivity contribution in [2.75, 3.05) is 0 Å². The molecule has 10 heteroatoms. The lowest BCUT2D eigenvalue weighted by Gasteiger charge is -2.31. The van der Waals surface area contributed by atoms with E-state index in [1.54, 1.807) is 25.1 Å². The maximum atomic E-state index is 14.4. The molecule has 33 heavy (non-hydrogen) atoms. The highest BCUT2D eigenvalue weighted by Gasteiger charge is 2.35. The van der Waals surface area contributed by atoms with Crippen LogP contribution in [0.25, 0.3) is 0 Å². The van der Waals surface area contributed by atoms with Crippen LogP contribution in [-0.2, 0) is 11.0 Å². The summed E-state index contributed by atoms with van der Waals surface area (Å²) in [5.74, 6) is -1.25. The minimum absolute atomic E-state index is 0.0243. The number of halogens is 5. The van der Waals surface area contributed by atoms with Gasteiger partial charge in [-0.25, -0.2) is 4.39 Å². The molecule has 1 N–H and O–H groups in total. The maximum absolute atomic E-state index is 14.4. The van der Waals surface area contributed by atoms with Gasteiger partial charge in [0.15, 0.2) is 6.10 Å². The van der Waals surface area contributed by atoms with Crippen molar-refractivity contribution in [1.29, 1.82) is 5.26 Å². The molecule has 1 aliphatic carbocycles. The van der Waals surface area contributed by atoms with Gasteiger partial charge in [-0.05, 0) is 55.2 Å². The third-order valence-corrected chi connectivity index (χ3v) is 6.13. The van der Waals surface area contributed by atoms with Crippen LogP contribution < -0.4 is 5.32 Å². The van der Waals surface area contributed by atoms with E-state index in [2.05, 4.69) is 16.5 Å². The van der Waals surface area contributed by atoms with Gasteiger partial charge in [0.05, 0.1) is 28.3 Å². The largest absolute Gasteiger partial charge is 0.416 e. The third kappa shape index (κ3) is 4.67. The summed E-state index contributed by atoms with van der Waals surface area (Å²) in [5, 5.41) is 15.0. The van der Waals surface area contributed by atoms with Crippen LogP contribution in [0.1, 0.15) is 58.0 Å². The van der Waals surface area contributed by atoms with Crippen LogP contribution in [0.4, 0.5) is 17.6 Å². The number of carbonyl (C=O) groups excluding carboxylic acids is 1. The van der Waals surface area contributed by atoms with Crippen LogP contribution in [0, 0.1) is 30.0 Å². The number of hydrogen-bond donors (Lipinski definition) is 1. The van der Waals surface area contributed by atoms with Crippen molar-refractivity contribution in [3.63, 3.8) is 0 Å². The van der Waals surface area contributed by atoms with Crippen molar-refractivity contribution in [2.24, 2.45) is 11.1 Å². The zero-order chi connectivity index (χ0) is 23.9. The van der Waals surface area contributed by atoms with Crippen molar-refractivity contribution >= 4 is 23.2 Å². The van der Waals surface area contributed by atoms with Gasteiger partial charge < -0.3 is 10.2 Å². The smallest absolute Gasteiger partial charge is 0.387 e. The summed E-state index contributed by atoms with van der Waals surface area (Å²) in [6.07, 6.45) is -4.45. The van der Waals surface area contributed by atoms with E-state index < -0.39 is 28.7 Å². The molecule has 0 spiro atoms. The molecule has 2 aromatic rings. The average Bonchev–Trinajstić information content (AvgIpc) is 3.21. The Morgan fingerprint density at radius 1 is 1.27 bits per heavy atom. The molecule has 1 unspecified atom stereocenters. The number of nitrogens with zero attached hydrogens (tertiary/aromatic N) is 2. The average molecular weight is 480 g/mol. The molecule has 1 amide bonds. The molecule has 1 saturated carbocycles. The second kappa shape index (κ2) is 8.67. The van der Waals surface area contributed by atoms with Crippen LogP contribution in [0.5, 0.6) is 0 Å². The summed E-state index contributed by atoms with van der Waals surface area (Å²) < 4.78 is 53.8. The normalized spacial score (nSPS) is 22.1. The lowest BCUT2D eigenvalue weighted by atomic mass is 9.81. The van der Waals surface area contributed by atoms with E-state index in [-0.39, 0.29) is 29.9 Å². The minimum Gasteiger partial charge on any atom is -0.387 e. The van der Waals surface area contributed by atoms with Gasteiger partial charge in [-0.2, -0.15) is 18.4 Å². The van der Waals surface area contributed by atoms with E-state index in [1.807, 2.05) is 0 Å². The number of oxime groups is 1.